The van der Waals surface area contributed by atoms with Crippen LogP contribution in [0.4, 0.5) is 0 Å². The van der Waals surface area contributed by atoms with Crippen molar-refractivity contribution in [3.8, 4) is 0 Å². The first kappa shape index (κ1) is 15.9. The fourth-order valence-corrected chi connectivity index (χ4v) is 2.56. The molecule has 0 amide bonds. The number of nitrogens with zero attached hydrogens (tertiary/aromatic N) is 1. The Morgan fingerprint density at radius 2 is 1.71 bits per heavy atom. The van der Waals surface area contributed by atoms with E-state index in [1.54, 1.807) is 0 Å². The minimum absolute atomic E-state index is 0.0886. The maximum absolute atomic E-state index is 9.56. The molecule has 21 heavy (non-hydrogen) atoms. The van der Waals surface area contributed by atoms with Crippen molar-refractivity contribution in [1.82, 2.24) is 10.3 Å². The summed E-state index contributed by atoms with van der Waals surface area (Å²) >= 11 is 0. The molecule has 0 aliphatic carbocycles. The van der Waals surface area contributed by atoms with Crippen LogP contribution < -0.4 is 5.32 Å². The summed E-state index contributed by atoms with van der Waals surface area (Å²) in [5, 5.41) is 14.3. The first-order valence-corrected chi connectivity index (χ1v) is 7.75. The first-order valence-electron chi connectivity index (χ1n) is 7.75. The van der Waals surface area contributed by atoms with Crippen LogP contribution in [0.1, 0.15) is 39.4 Å². The van der Waals surface area contributed by atoms with E-state index < -0.39 is 0 Å². The van der Waals surface area contributed by atoms with Gasteiger partial charge in [-0.25, -0.2) is 0 Å². The number of aliphatic hydroxyl groups excluding tert-OH is 1. The molecule has 1 heterocycles. The standard InChI is InChI=1S/C18H26N2O/c1-12(2)17(11-21)20-18(13(3)4)16-10-9-14-7-5-6-8-15(14)19-16/h5-10,12-13,17-18,20-21H,11H2,1-4H3/t17-,18+/m1/s1. The largest absolute Gasteiger partial charge is 0.395 e. The van der Waals surface area contributed by atoms with Crippen LogP contribution in [0.5, 0.6) is 0 Å². The highest BCUT2D eigenvalue weighted by atomic mass is 16.3. The van der Waals surface area contributed by atoms with Gasteiger partial charge in [-0.05, 0) is 24.0 Å². The second kappa shape index (κ2) is 7.01. The molecule has 0 radical (unpaired) electrons. The molecule has 0 aliphatic rings. The highest BCUT2D eigenvalue weighted by Gasteiger charge is 2.22. The summed E-state index contributed by atoms with van der Waals surface area (Å²) in [4.78, 5) is 4.80. The molecule has 1 aromatic heterocycles. The molecule has 0 saturated carbocycles. The van der Waals surface area contributed by atoms with Crippen molar-refractivity contribution < 1.29 is 5.11 Å². The maximum Gasteiger partial charge on any atom is 0.0706 e. The van der Waals surface area contributed by atoms with E-state index in [9.17, 15) is 5.11 Å². The van der Waals surface area contributed by atoms with Crippen LogP contribution >= 0.6 is 0 Å². The van der Waals surface area contributed by atoms with E-state index >= 15 is 0 Å². The number of para-hydroxylation sites is 1. The number of hydrogen-bond acceptors (Lipinski definition) is 3. The Balaban J connectivity index is 2.31. The molecule has 0 unspecified atom stereocenters. The van der Waals surface area contributed by atoms with Crippen molar-refractivity contribution in [2.24, 2.45) is 11.8 Å². The molecule has 114 valence electrons. The molecule has 2 rings (SSSR count). The van der Waals surface area contributed by atoms with Gasteiger partial charge in [-0.15, -0.1) is 0 Å². The Labute approximate surface area is 127 Å². The van der Waals surface area contributed by atoms with Crippen LogP contribution in [0.15, 0.2) is 36.4 Å². The molecule has 0 aliphatic heterocycles. The molecule has 0 spiro atoms. The maximum atomic E-state index is 9.56. The van der Waals surface area contributed by atoms with Crippen molar-refractivity contribution in [3.05, 3.63) is 42.1 Å². The van der Waals surface area contributed by atoms with Crippen LogP contribution in [-0.4, -0.2) is 22.7 Å². The summed E-state index contributed by atoms with van der Waals surface area (Å²) in [6.07, 6.45) is 0. The van der Waals surface area contributed by atoms with Crippen LogP contribution in [0.2, 0.25) is 0 Å². The third-order valence-electron chi connectivity index (χ3n) is 4.00. The van der Waals surface area contributed by atoms with Crippen LogP contribution in [0.3, 0.4) is 0 Å². The number of aromatic nitrogens is 1. The SMILES string of the molecule is CC(C)[C@H](N[C@H](CO)C(C)C)c1ccc2ccccc2n1. The Bertz CT molecular complexity index is 580. The molecule has 3 heteroatoms. The quantitative estimate of drug-likeness (QED) is 0.853. The summed E-state index contributed by atoms with van der Waals surface area (Å²) in [5.74, 6) is 0.795. The average molecular weight is 286 g/mol. The van der Waals surface area contributed by atoms with E-state index in [0.717, 1.165) is 16.6 Å². The van der Waals surface area contributed by atoms with Crippen molar-refractivity contribution in [2.45, 2.75) is 39.8 Å². The Morgan fingerprint density at radius 3 is 2.33 bits per heavy atom. The van der Waals surface area contributed by atoms with Gasteiger partial charge in [0.1, 0.15) is 0 Å². The third-order valence-corrected chi connectivity index (χ3v) is 4.00. The molecule has 0 saturated heterocycles. The summed E-state index contributed by atoms with van der Waals surface area (Å²) in [5.41, 5.74) is 2.07. The van der Waals surface area contributed by atoms with Crippen LogP contribution in [-0.2, 0) is 0 Å². The highest BCUT2D eigenvalue weighted by Crippen LogP contribution is 2.24. The van der Waals surface area contributed by atoms with Gasteiger partial charge in [-0.2, -0.15) is 0 Å². The number of aliphatic hydroxyl groups is 1. The van der Waals surface area contributed by atoms with E-state index in [4.69, 9.17) is 4.98 Å². The summed E-state index contributed by atoms with van der Waals surface area (Å²) in [6.45, 7) is 8.76. The van der Waals surface area contributed by atoms with Gasteiger partial charge in [0.15, 0.2) is 0 Å². The van der Waals surface area contributed by atoms with Crippen molar-refractivity contribution in [3.63, 3.8) is 0 Å². The van der Waals surface area contributed by atoms with E-state index in [1.807, 2.05) is 18.2 Å². The summed E-state index contributed by atoms with van der Waals surface area (Å²) < 4.78 is 0. The lowest BCUT2D eigenvalue weighted by Crippen LogP contribution is -2.41. The molecule has 0 fully saturated rings. The minimum atomic E-state index is 0.0886. The minimum Gasteiger partial charge on any atom is -0.395 e. The van der Waals surface area contributed by atoms with Gasteiger partial charge in [0, 0.05) is 11.4 Å². The molecule has 3 nitrogen and oxygen atoms in total. The monoisotopic (exact) mass is 286 g/mol. The van der Waals surface area contributed by atoms with E-state index in [-0.39, 0.29) is 18.7 Å². The number of pyridine rings is 1. The summed E-state index contributed by atoms with van der Waals surface area (Å²) in [6, 6.07) is 12.6. The molecule has 2 aromatic rings. The predicted octanol–water partition coefficient (Wildman–Crippen LogP) is 3.54. The van der Waals surface area contributed by atoms with Gasteiger partial charge >= 0.3 is 0 Å². The second-order valence-electron chi connectivity index (χ2n) is 6.35. The van der Waals surface area contributed by atoms with Gasteiger partial charge in [0.25, 0.3) is 0 Å². The fraction of sp³-hybridized carbons (Fsp3) is 0.500. The third kappa shape index (κ3) is 3.80. The lowest BCUT2D eigenvalue weighted by Gasteiger charge is -2.29. The molecule has 2 atom stereocenters. The predicted molar refractivity (Wildman–Crippen MR) is 88.2 cm³/mol. The Kier molecular flexibility index (Phi) is 5.32. The molecular weight excluding hydrogens is 260 g/mol. The van der Waals surface area contributed by atoms with Crippen LogP contribution in [0.25, 0.3) is 10.9 Å². The first-order chi connectivity index (χ1) is 10.0. The zero-order valence-electron chi connectivity index (χ0n) is 13.4. The van der Waals surface area contributed by atoms with E-state index in [0.29, 0.717) is 11.8 Å². The van der Waals surface area contributed by atoms with Crippen molar-refractivity contribution in [1.29, 1.82) is 0 Å². The number of benzene rings is 1. The zero-order chi connectivity index (χ0) is 15.4. The normalized spacial score (nSPS) is 14.8. The van der Waals surface area contributed by atoms with Crippen molar-refractivity contribution >= 4 is 10.9 Å². The molecule has 1 aromatic carbocycles. The second-order valence-corrected chi connectivity index (χ2v) is 6.35. The Hall–Kier alpha value is -1.45. The number of nitrogens with one attached hydrogen (secondary N) is 1. The molecule has 0 bridgehead atoms. The number of rotatable bonds is 6. The van der Waals surface area contributed by atoms with Gasteiger partial charge in [0.05, 0.1) is 23.9 Å². The van der Waals surface area contributed by atoms with Crippen molar-refractivity contribution in [2.75, 3.05) is 6.61 Å². The lowest BCUT2D eigenvalue weighted by atomic mass is 9.96. The van der Waals surface area contributed by atoms with Crippen LogP contribution in [0, 0.1) is 11.8 Å². The number of hydrogen-bond donors (Lipinski definition) is 2. The highest BCUT2D eigenvalue weighted by molar-refractivity contribution is 5.78. The fourth-order valence-electron chi connectivity index (χ4n) is 2.56. The number of fused-ring (bicyclic) bond motifs is 1. The topological polar surface area (TPSA) is 45.1 Å². The van der Waals surface area contributed by atoms with Gasteiger partial charge in [-0.3, -0.25) is 4.98 Å². The zero-order valence-corrected chi connectivity index (χ0v) is 13.4. The smallest absolute Gasteiger partial charge is 0.0706 e. The lowest BCUT2D eigenvalue weighted by molar-refractivity contribution is 0.187. The van der Waals surface area contributed by atoms with Gasteiger partial charge in [0.2, 0.25) is 0 Å². The summed E-state index contributed by atoms with van der Waals surface area (Å²) in [7, 11) is 0. The van der Waals surface area contributed by atoms with E-state index in [2.05, 4.69) is 51.2 Å². The Morgan fingerprint density at radius 1 is 1.00 bits per heavy atom. The molecular formula is C18H26N2O. The van der Waals surface area contributed by atoms with Gasteiger partial charge in [-0.1, -0.05) is 52.0 Å². The molecule has 2 N–H and O–H groups in total. The van der Waals surface area contributed by atoms with E-state index in [1.165, 1.54) is 0 Å². The average Bonchev–Trinajstić information content (AvgIpc) is 2.47. The van der Waals surface area contributed by atoms with Gasteiger partial charge < -0.3 is 10.4 Å².